The number of hydrogen-bond donors (Lipinski definition) is 3. The zero-order chi connectivity index (χ0) is 20.7. The maximum Gasteiger partial charge on any atom is 0.243 e. The fraction of sp³-hybridized carbons (Fsp3) is 0.263. The third-order valence-electron chi connectivity index (χ3n) is 3.86. The Labute approximate surface area is 163 Å². The minimum atomic E-state index is -3.39. The summed E-state index contributed by atoms with van der Waals surface area (Å²) in [6, 6.07) is 10.4. The van der Waals surface area contributed by atoms with Crippen molar-refractivity contribution >= 4 is 33.2 Å². The largest absolute Gasteiger partial charge is 0.347 e. The van der Waals surface area contributed by atoms with Crippen molar-refractivity contribution in [3.05, 3.63) is 59.4 Å². The van der Waals surface area contributed by atoms with Crippen LogP contribution in [0.2, 0.25) is 0 Å². The van der Waals surface area contributed by atoms with Crippen molar-refractivity contribution < 1.29 is 22.4 Å². The summed E-state index contributed by atoms with van der Waals surface area (Å²) in [5.41, 5.74) is 2.06. The summed E-state index contributed by atoms with van der Waals surface area (Å²) in [6.07, 6.45) is -0.0313. The molecule has 0 unspecified atom stereocenters. The van der Waals surface area contributed by atoms with Crippen molar-refractivity contribution in [2.75, 3.05) is 22.3 Å². The first kappa shape index (κ1) is 21.4. The van der Waals surface area contributed by atoms with Gasteiger partial charge in [-0.2, -0.15) is 0 Å². The van der Waals surface area contributed by atoms with Gasteiger partial charge in [-0.25, -0.2) is 12.8 Å². The molecule has 0 fully saturated rings. The van der Waals surface area contributed by atoms with E-state index in [9.17, 15) is 22.4 Å². The van der Waals surface area contributed by atoms with E-state index >= 15 is 0 Å². The fourth-order valence-corrected chi connectivity index (χ4v) is 3.08. The van der Waals surface area contributed by atoms with E-state index in [1.807, 2.05) is 0 Å². The van der Waals surface area contributed by atoms with Crippen LogP contribution in [0, 0.1) is 12.7 Å². The topological polar surface area (TPSA) is 104 Å². The average molecular weight is 407 g/mol. The van der Waals surface area contributed by atoms with Crippen molar-refractivity contribution in [1.29, 1.82) is 0 Å². The number of benzene rings is 2. The van der Waals surface area contributed by atoms with E-state index in [0.29, 0.717) is 22.5 Å². The number of amides is 2. The Balaban J connectivity index is 1.87. The van der Waals surface area contributed by atoms with E-state index in [0.717, 1.165) is 0 Å². The molecule has 0 aliphatic carbocycles. The van der Waals surface area contributed by atoms with E-state index in [-0.39, 0.29) is 18.7 Å². The molecule has 2 aromatic carbocycles. The van der Waals surface area contributed by atoms with Gasteiger partial charge in [0.1, 0.15) is 5.82 Å². The van der Waals surface area contributed by atoms with E-state index in [4.69, 9.17) is 0 Å². The van der Waals surface area contributed by atoms with Gasteiger partial charge in [-0.15, -0.1) is 0 Å². The Hall–Kier alpha value is -2.94. The minimum absolute atomic E-state index is 0.0313. The molecule has 9 heteroatoms. The van der Waals surface area contributed by atoms with Gasteiger partial charge in [-0.1, -0.05) is 12.1 Å². The highest BCUT2D eigenvalue weighted by atomic mass is 32.2. The first-order valence-electron chi connectivity index (χ1n) is 8.60. The van der Waals surface area contributed by atoms with Crippen molar-refractivity contribution in [3.63, 3.8) is 0 Å². The highest BCUT2D eigenvalue weighted by molar-refractivity contribution is 7.92. The summed E-state index contributed by atoms with van der Waals surface area (Å²) in [6.45, 7) is 3.01. The Morgan fingerprint density at radius 1 is 1.07 bits per heavy atom. The lowest BCUT2D eigenvalue weighted by Crippen LogP contribution is -2.33. The SMILES string of the molecule is CCS(=O)(=O)Nc1ccc(NC(=O)CNC(=O)Cc2cccc(F)c2)cc1C. The van der Waals surface area contributed by atoms with E-state index < -0.39 is 27.7 Å². The highest BCUT2D eigenvalue weighted by Crippen LogP contribution is 2.20. The molecule has 0 radical (unpaired) electrons. The molecule has 150 valence electrons. The van der Waals surface area contributed by atoms with Crippen LogP contribution < -0.4 is 15.4 Å². The van der Waals surface area contributed by atoms with Crippen molar-refractivity contribution in [1.82, 2.24) is 5.32 Å². The Morgan fingerprint density at radius 3 is 2.46 bits per heavy atom. The standard InChI is InChI=1S/C19H22FN3O4S/c1-3-28(26,27)23-17-8-7-16(9-13(17)2)22-19(25)12-21-18(24)11-14-5-4-6-15(20)10-14/h4-10,23H,3,11-12H2,1-2H3,(H,21,24)(H,22,25). The van der Waals surface area contributed by atoms with Gasteiger partial charge >= 0.3 is 0 Å². The molecule has 0 aromatic heterocycles. The summed E-state index contributed by atoms with van der Waals surface area (Å²) in [5.74, 6) is -1.31. The van der Waals surface area contributed by atoms with Gasteiger partial charge < -0.3 is 10.6 Å². The molecule has 0 spiro atoms. The minimum Gasteiger partial charge on any atom is -0.347 e. The molecule has 2 amide bonds. The van der Waals surface area contributed by atoms with Crippen LogP contribution in [0.4, 0.5) is 15.8 Å². The molecule has 0 saturated carbocycles. The molecule has 0 saturated heterocycles. The molecule has 3 N–H and O–H groups in total. The molecule has 0 aliphatic rings. The summed E-state index contributed by atoms with van der Waals surface area (Å²) in [5, 5.41) is 5.09. The Bertz CT molecular complexity index is 977. The predicted molar refractivity (Wildman–Crippen MR) is 106 cm³/mol. The maximum absolute atomic E-state index is 13.1. The van der Waals surface area contributed by atoms with E-state index in [2.05, 4.69) is 15.4 Å². The van der Waals surface area contributed by atoms with E-state index in [1.54, 1.807) is 31.2 Å². The monoisotopic (exact) mass is 407 g/mol. The number of anilines is 2. The first-order valence-corrected chi connectivity index (χ1v) is 10.3. The van der Waals surface area contributed by atoms with Crippen LogP contribution in [-0.2, 0) is 26.0 Å². The quantitative estimate of drug-likeness (QED) is 0.624. The summed E-state index contributed by atoms with van der Waals surface area (Å²) in [4.78, 5) is 23.9. The summed E-state index contributed by atoms with van der Waals surface area (Å²) < 4.78 is 38.9. The Kier molecular flexibility index (Phi) is 7.11. The first-order chi connectivity index (χ1) is 13.2. The molecule has 2 rings (SSSR count). The molecule has 2 aromatic rings. The second kappa shape index (κ2) is 9.32. The number of halogens is 1. The fourth-order valence-electron chi connectivity index (χ4n) is 2.37. The second-order valence-corrected chi connectivity index (χ2v) is 8.18. The number of aryl methyl sites for hydroxylation is 1. The van der Waals surface area contributed by atoms with E-state index in [1.165, 1.54) is 25.1 Å². The molecule has 7 nitrogen and oxygen atoms in total. The Morgan fingerprint density at radius 2 is 1.82 bits per heavy atom. The third kappa shape index (κ3) is 6.66. The maximum atomic E-state index is 13.1. The smallest absolute Gasteiger partial charge is 0.243 e. The normalized spacial score (nSPS) is 11.0. The van der Waals surface area contributed by atoms with Gasteiger partial charge in [-0.3, -0.25) is 14.3 Å². The lowest BCUT2D eigenvalue weighted by atomic mass is 10.1. The molecular formula is C19H22FN3O4S. The number of hydrogen-bond acceptors (Lipinski definition) is 4. The zero-order valence-corrected chi connectivity index (χ0v) is 16.4. The predicted octanol–water partition coefficient (Wildman–Crippen LogP) is 2.19. The van der Waals surface area contributed by atoms with Crippen molar-refractivity contribution in [2.24, 2.45) is 0 Å². The molecular weight excluding hydrogens is 385 g/mol. The van der Waals surface area contributed by atoms with Crippen molar-refractivity contribution in [3.8, 4) is 0 Å². The van der Waals surface area contributed by atoms with Crippen molar-refractivity contribution in [2.45, 2.75) is 20.3 Å². The molecule has 0 atom stereocenters. The summed E-state index contributed by atoms with van der Waals surface area (Å²) in [7, 11) is -3.39. The van der Waals surface area contributed by atoms with Crippen LogP contribution >= 0.6 is 0 Å². The summed E-state index contributed by atoms with van der Waals surface area (Å²) >= 11 is 0. The van der Waals surface area contributed by atoms with Gasteiger partial charge in [0.15, 0.2) is 0 Å². The van der Waals surface area contributed by atoms with Gasteiger partial charge in [-0.05, 0) is 55.3 Å². The molecule has 28 heavy (non-hydrogen) atoms. The van der Waals surface area contributed by atoms with Crippen LogP contribution in [0.1, 0.15) is 18.1 Å². The van der Waals surface area contributed by atoms with Crippen LogP contribution in [0.15, 0.2) is 42.5 Å². The third-order valence-corrected chi connectivity index (χ3v) is 5.15. The lowest BCUT2D eigenvalue weighted by molar-refractivity contribution is -0.123. The van der Waals surface area contributed by atoms with Gasteiger partial charge in [0.05, 0.1) is 24.4 Å². The lowest BCUT2D eigenvalue weighted by Gasteiger charge is -2.12. The average Bonchev–Trinajstić information content (AvgIpc) is 2.62. The highest BCUT2D eigenvalue weighted by Gasteiger charge is 2.11. The van der Waals surface area contributed by atoms with Gasteiger partial charge in [0.25, 0.3) is 0 Å². The van der Waals surface area contributed by atoms with Crippen LogP contribution in [0.5, 0.6) is 0 Å². The molecule has 0 heterocycles. The number of sulfonamides is 1. The van der Waals surface area contributed by atoms with Crippen LogP contribution in [0.3, 0.4) is 0 Å². The van der Waals surface area contributed by atoms with Crippen LogP contribution in [-0.4, -0.2) is 32.5 Å². The van der Waals surface area contributed by atoms with Crippen LogP contribution in [0.25, 0.3) is 0 Å². The van der Waals surface area contributed by atoms with Gasteiger partial charge in [0, 0.05) is 5.69 Å². The molecule has 0 bridgehead atoms. The number of nitrogens with one attached hydrogen (secondary N) is 3. The number of rotatable bonds is 8. The second-order valence-electron chi connectivity index (χ2n) is 6.17. The number of carbonyl (C=O) groups is 2. The number of carbonyl (C=O) groups excluding carboxylic acids is 2. The molecule has 0 aliphatic heterocycles. The van der Waals surface area contributed by atoms with Gasteiger partial charge in [0.2, 0.25) is 21.8 Å². The zero-order valence-electron chi connectivity index (χ0n) is 15.6.